The average molecular weight is 279 g/mol. The van der Waals surface area contributed by atoms with E-state index in [1.807, 2.05) is 19.1 Å². The first kappa shape index (κ1) is 12.0. The second kappa shape index (κ2) is 5.12. The molecule has 1 aromatic carbocycles. The molecule has 0 saturated carbocycles. The molecule has 0 spiro atoms. The topological polar surface area (TPSA) is 46.2 Å². The summed E-state index contributed by atoms with van der Waals surface area (Å²) in [5, 5.41) is 10.2. The molecule has 4 heteroatoms. The van der Waals surface area contributed by atoms with E-state index in [0.717, 1.165) is 10.0 Å². The van der Waals surface area contributed by atoms with Gasteiger partial charge < -0.3 is 10.8 Å². The smallest absolute Gasteiger partial charge is 0.0730 e. The van der Waals surface area contributed by atoms with Gasteiger partial charge in [0, 0.05) is 9.50 Å². The van der Waals surface area contributed by atoms with Gasteiger partial charge in [-0.3, -0.25) is 0 Å². The van der Waals surface area contributed by atoms with E-state index < -0.39 is 12.1 Å². The van der Waals surface area contributed by atoms with E-state index in [-0.39, 0.29) is 0 Å². The Morgan fingerprint density at radius 1 is 1.57 bits per heavy atom. The zero-order valence-electron chi connectivity index (χ0n) is 7.87. The molecule has 0 unspecified atom stereocenters. The third-order valence-corrected chi connectivity index (χ3v) is 2.98. The Morgan fingerprint density at radius 2 is 2.21 bits per heavy atom. The summed E-state index contributed by atoms with van der Waals surface area (Å²) in [5.41, 5.74) is 6.63. The first-order valence-corrected chi connectivity index (χ1v) is 5.62. The molecule has 78 valence electrons. The summed E-state index contributed by atoms with van der Waals surface area (Å²) < 4.78 is 0.907. The zero-order valence-corrected chi connectivity index (χ0v) is 10.2. The number of hydrogen-bond donors (Lipinski definition) is 2. The maximum atomic E-state index is 9.58. The van der Waals surface area contributed by atoms with Crippen molar-refractivity contribution in [2.24, 2.45) is 5.73 Å². The van der Waals surface area contributed by atoms with Crippen LogP contribution in [-0.2, 0) is 0 Å². The molecule has 1 aromatic rings. The molecule has 0 fully saturated rings. The minimum atomic E-state index is -0.548. The summed E-state index contributed by atoms with van der Waals surface area (Å²) in [6, 6.07) is 5.05. The van der Waals surface area contributed by atoms with Crippen LogP contribution in [0.3, 0.4) is 0 Å². The number of rotatable bonds is 3. The first-order valence-electron chi connectivity index (χ1n) is 4.44. The lowest BCUT2D eigenvalue weighted by Crippen LogP contribution is -2.25. The fourth-order valence-electron chi connectivity index (χ4n) is 1.23. The average Bonchev–Trinajstić information content (AvgIpc) is 2.15. The third kappa shape index (κ3) is 2.70. The summed E-state index contributed by atoms with van der Waals surface area (Å²) in [7, 11) is 0. The molecule has 14 heavy (non-hydrogen) atoms. The summed E-state index contributed by atoms with van der Waals surface area (Å²) in [6.45, 7) is 1.89. The highest BCUT2D eigenvalue weighted by Gasteiger charge is 2.17. The van der Waals surface area contributed by atoms with Crippen LogP contribution in [0.5, 0.6) is 0 Å². The molecule has 0 amide bonds. The van der Waals surface area contributed by atoms with Crippen LogP contribution in [0.4, 0.5) is 0 Å². The van der Waals surface area contributed by atoms with Gasteiger partial charge in [-0.1, -0.05) is 40.5 Å². The summed E-state index contributed by atoms with van der Waals surface area (Å²) >= 11 is 9.32. The second-order valence-corrected chi connectivity index (χ2v) is 4.49. The maximum Gasteiger partial charge on any atom is 0.0730 e. The van der Waals surface area contributed by atoms with Gasteiger partial charge in [0.25, 0.3) is 0 Å². The van der Waals surface area contributed by atoms with Crippen molar-refractivity contribution in [3.05, 3.63) is 33.3 Å². The lowest BCUT2D eigenvalue weighted by atomic mass is 10.0. The van der Waals surface area contributed by atoms with Crippen LogP contribution >= 0.6 is 27.5 Å². The highest BCUT2D eigenvalue weighted by atomic mass is 79.9. The minimum absolute atomic E-state index is 0.416. The van der Waals surface area contributed by atoms with Gasteiger partial charge in [-0.05, 0) is 24.1 Å². The van der Waals surface area contributed by atoms with Crippen LogP contribution in [0, 0.1) is 0 Å². The van der Waals surface area contributed by atoms with Crippen LogP contribution < -0.4 is 5.73 Å². The monoisotopic (exact) mass is 277 g/mol. The Kier molecular flexibility index (Phi) is 4.38. The van der Waals surface area contributed by atoms with Crippen molar-refractivity contribution in [3.63, 3.8) is 0 Å². The molecule has 0 aromatic heterocycles. The van der Waals surface area contributed by atoms with Crippen molar-refractivity contribution in [2.75, 3.05) is 0 Å². The van der Waals surface area contributed by atoms with Gasteiger partial charge in [-0.2, -0.15) is 0 Å². The standard InChI is InChI=1S/C10H13BrClNO/c1-2-9(14)10(13)7-4-3-6(11)5-8(7)12/h3-5,9-10,14H,2,13H2,1H3/t9-,10+/m0/s1. The maximum absolute atomic E-state index is 9.58. The first-order chi connectivity index (χ1) is 6.56. The Balaban J connectivity index is 2.95. The van der Waals surface area contributed by atoms with Crippen molar-refractivity contribution in [1.82, 2.24) is 0 Å². The van der Waals surface area contributed by atoms with E-state index in [9.17, 15) is 5.11 Å². The van der Waals surface area contributed by atoms with Crippen LogP contribution in [-0.4, -0.2) is 11.2 Å². The van der Waals surface area contributed by atoms with Gasteiger partial charge in [-0.15, -0.1) is 0 Å². The van der Waals surface area contributed by atoms with E-state index >= 15 is 0 Å². The summed E-state index contributed by atoms with van der Waals surface area (Å²) in [5.74, 6) is 0. The van der Waals surface area contributed by atoms with E-state index in [1.165, 1.54) is 0 Å². The van der Waals surface area contributed by atoms with Gasteiger partial charge in [0.2, 0.25) is 0 Å². The second-order valence-electron chi connectivity index (χ2n) is 3.17. The predicted molar refractivity (Wildman–Crippen MR) is 62.4 cm³/mol. The van der Waals surface area contributed by atoms with E-state index in [2.05, 4.69) is 15.9 Å². The van der Waals surface area contributed by atoms with Gasteiger partial charge in [0.1, 0.15) is 0 Å². The van der Waals surface area contributed by atoms with Crippen molar-refractivity contribution >= 4 is 27.5 Å². The van der Waals surface area contributed by atoms with Crippen molar-refractivity contribution < 1.29 is 5.11 Å². The van der Waals surface area contributed by atoms with Crippen LogP contribution in [0.15, 0.2) is 22.7 Å². The molecule has 0 saturated heterocycles. The van der Waals surface area contributed by atoms with E-state index in [0.29, 0.717) is 11.4 Å². The van der Waals surface area contributed by atoms with Crippen molar-refractivity contribution in [1.29, 1.82) is 0 Å². The molecule has 0 aliphatic rings. The molecule has 0 heterocycles. The number of aliphatic hydroxyl groups is 1. The normalized spacial score (nSPS) is 15.2. The fraction of sp³-hybridized carbons (Fsp3) is 0.400. The number of halogens is 2. The predicted octanol–water partition coefficient (Wildman–Crippen LogP) is 2.87. The Labute approximate surface area is 97.2 Å². The molecule has 0 aliphatic carbocycles. The fourth-order valence-corrected chi connectivity index (χ4v) is 2.03. The highest BCUT2D eigenvalue weighted by molar-refractivity contribution is 9.10. The molecule has 0 aliphatic heterocycles. The van der Waals surface area contributed by atoms with Crippen LogP contribution in [0.25, 0.3) is 0 Å². The number of aliphatic hydroxyl groups excluding tert-OH is 1. The summed E-state index contributed by atoms with van der Waals surface area (Å²) in [6.07, 6.45) is 0.0711. The Morgan fingerprint density at radius 3 is 2.71 bits per heavy atom. The van der Waals surface area contributed by atoms with E-state index in [1.54, 1.807) is 6.07 Å². The highest BCUT2D eigenvalue weighted by Crippen LogP contribution is 2.27. The summed E-state index contributed by atoms with van der Waals surface area (Å²) in [4.78, 5) is 0. The number of benzene rings is 1. The van der Waals surface area contributed by atoms with E-state index in [4.69, 9.17) is 17.3 Å². The molecule has 0 bridgehead atoms. The molecule has 2 atom stereocenters. The van der Waals surface area contributed by atoms with Gasteiger partial charge in [-0.25, -0.2) is 0 Å². The molecule has 2 nitrogen and oxygen atoms in total. The van der Waals surface area contributed by atoms with Crippen LogP contribution in [0.2, 0.25) is 5.02 Å². The molecule has 3 N–H and O–H groups in total. The Hall–Kier alpha value is -0.0900. The van der Waals surface area contributed by atoms with Gasteiger partial charge >= 0.3 is 0 Å². The lowest BCUT2D eigenvalue weighted by molar-refractivity contribution is 0.141. The molecular weight excluding hydrogens is 265 g/mol. The molecular formula is C10H13BrClNO. The third-order valence-electron chi connectivity index (χ3n) is 2.15. The molecule has 1 rings (SSSR count). The van der Waals surface area contributed by atoms with Gasteiger partial charge in [0.05, 0.1) is 12.1 Å². The van der Waals surface area contributed by atoms with Gasteiger partial charge in [0.15, 0.2) is 0 Å². The van der Waals surface area contributed by atoms with Crippen molar-refractivity contribution in [2.45, 2.75) is 25.5 Å². The van der Waals surface area contributed by atoms with Crippen LogP contribution in [0.1, 0.15) is 24.9 Å². The Bertz CT molecular complexity index is 319. The number of nitrogens with two attached hydrogens (primary N) is 1. The zero-order chi connectivity index (χ0) is 10.7. The number of hydrogen-bond acceptors (Lipinski definition) is 2. The quantitative estimate of drug-likeness (QED) is 0.893. The minimum Gasteiger partial charge on any atom is -0.391 e. The SMILES string of the molecule is CC[C@H](O)[C@H](N)c1ccc(Br)cc1Cl. The van der Waals surface area contributed by atoms with Crippen molar-refractivity contribution in [3.8, 4) is 0 Å². The molecule has 0 radical (unpaired) electrons. The lowest BCUT2D eigenvalue weighted by Gasteiger charge is -2.18. The largest absolute Gasteiger partial charge is 0.391 e.